The molecule has 0 aliphatic carbocycles. The molecule has 1 rings (SSSR count). The Balaban J connectivity index is 2.89. The van der Waals surface area contributed by atoms with Crippen molar-refractivity contribution in [1.82, 2.24) is 0 Å². The number of benzene rings is 1. The number of rotatable bonds is 3. The summed E-state index contributed by atoms with van der Waals surface area (Å²) in [6.07, 6.45) is 0. The minimum Gasteiger partial charge on any atom is -0.426 e. The van der Waals surface area contributed by atoms with E-state index in [1.165, 1.54) is 6.07 Å². The second-order valence-electron chi connectivity index (χ2n) is 6.53. The molecule has 0 aliphatic rings. The molecule has 18 heavy (non-hydrogen) atoms. The molecule has 0 aliphatic heterocycles. The molecule has 100 valence electrons. The maximum Gasteiger partial charge on any atom is 0.324 e. The summed E-state index contributed by atoms with van der Waals surface area (Å²) in [5.41, 5.74) is 1.49. The van der Waals surface area contributed by atoms with E-state index < -0.39 is 0 Å². The van der Waals surface area contributed by atoms with E-state index in [2.05, 4.69) is 34.6 Å². The predicted molar refractivity (Wildman–Crippen MR) is 77.0 cm³/mol. The Labute approximate surface area is 111 Å². The van der Waals surface area contributed by atoms with Crippen molar-refractivity contribution < 1.29 is 9.04 Å². The van der Waals surface area contributed by atoms with E-state index in [0.29, 0.717) is 5.56 Å². The Morgan fingerprint density at radius 3 is 2.11 bits per heavy atom. The van der Waals surface area contributed by atoms with Gasteiger partial charge >= 0.3 is 6.92 Å². The Hall–Kier alpha value is -0.825. The van der Waals surface area contributed by atoms with Gasteiger partial charge in [0.25, 0.3) is 0 Å². The van der Waals surface area contributed by atoms with Crippen molar-refractivity contribution in [2.45, 2.75) is 54.0 Å². The second-order valence-corrected chi connectivity index (χ2v) is 6.53. The molecule has 0 spiro atoms. The zero-order valence-corrected chi connectivity index (χ0v) is 12.6. The van der Waals surface area contributed by atoms with Gasteiger partial charge in [-0.15, -0.1) is 0 Å². The Morgan fingerprint density at radius 2 is 1.67 bits per heavy atom. The van der Waals surface area contributed by atoms with Crippen LogP contribution in [0.15, 0.2) is 18.2 Å². The van der Waals surface area contributed by atoms with E-state index in [0.717, 1.165) is 5.46 Å². The van der Waals surface area contributed by atoms with Crippen molar-refractivity contribution in [3.63, 3.8) is 0 Å². The second kappa shape index (κ2) is 5.04. The van der Waals surface area contributed by atoms with E-state index in [1.807, 2.05) is 12.9 Å². The van der Waals surface area contributed by atoms with Crippen LogP contribution in [-0.2, 0) is 4.65 Å². The van der Waals surface area contributed by atoms with Gasteiger partial charge in [-0.1, -0.05) is 39.7 Å². The van der Waals surface area contributed by atoms with Crippen LogP contribution in [0.1, 0.15) is 40.2 Å². The summed E-state index contributed by atoms with van der Waals surface area (Å²) in [4.78, 5) is 0. The van der Waals surface area contributed by atoms with Crippen molar-refractivity contribution in [2.75, 3.05) is 0 Å². The van der Waals surface area contributed by atoms with Gasteiger partial charge in [0, 0.05) is 0 Å². The van der Waals surface area contributed by atoms with Gasteiger partial charge in [-0.25, -0.2) is 4.39 Å². The standard InChI is InChI=1S/C15H24BFO/c1-11-10-12(8-9-13(11)17)16(7)18-15(5,6)14(2,3)4/h8-10H,1-7H3. The largest absolute Gasteiger partial charge is 0.426 e. The molecule has 3 heteroatoms. The molecule has 0 aromatic heterocycles. The lowest BCUT2D eigenvalue weighted by atomic mass is 9.61. The fourth-order valence-corrected chi connectivity index (χ4v) is 1.61. The van der Waals surface area contributed by atoms with Crippen LogP contribution in [0.2, 0.25) is 6.82 Å². The van der Waals surface area contributed by atoms with Crippen LogP contribution in [0.4, 0.5) is 4.39 Å². The van der Waals surface area contributed by atoms with E-state index in [4.69, 9.17) is 4.65 Å². The first kappa shape index (κ1) is 15.2. The number of hydrogen-bond acceptors (Lipinski definition) is 1. The van der Waals surface area contributed by atoms with Crippen LogP contribution in [0.3, 0.4) is 0 Å². The van der Waals surface area contributed by atoms with Gasteiger partial charge in [-0.2, -0.15) is 0 Å². The molecule has 0 unspecified atom stereocenters. The predicted octanol–water partition coefficient (Wildman–Crippen LogP) is 3.80. The minimum atomic E-state index is -0.241. The van der Waals surface area contributed by atoms with Gasteiger partial charge in [0.05, 0.1) is 5.60 Å². The molecule has 0 saturated carbocycles. The van der Waals surface area contributed by atoms with Crippen molar-refractivity contribution in [2.24, 2.45) is 5.41 Å². The number of aryl methyl sites for hydroxylation is 1. The van der Waals surface area contributed by atoms with Gasteiger partial charge in [0.15, 0.2) is 0 Å². The molecule has 0 saturated heterocycles. The van der Waals surface area contributed by atoms with E-state index in [9.17, 15) is 4.39 Å². The van der Waals surface area contributed by atoms with E-state index in [-0.39, 0.29) is 23.7 Å². The Morgan fingerprint density at radius 1 is 1.11 bits per heavy atom. The van der Waals surface area contributed by atoms with Crippen LogP contribution in [-0.4, -0.2) is 12.5 Å². The highest BCUT2D eigenvalue weighted by atomic mass is 19.1. The van der Waals surface area contributed by atoms with Gasteiger partial charge in [-0.3, -0.25) is 0 Å². The molecule has 1 aromatic rings. The fourth-order valence-electron chi connectivity index (χ4n) is 1.61. The summed E-state index contributed by atoms with van der Waals surface area (Å²) in [5.74, 6) is -0.166. The van der Waals surface area contributed by atoms with Gasteiger partial charge in [0.2, 0.25) is 0 Å². The molecular formula is C15H24BFO. The maximum absolute atomic E-state index is 13.2. The third-order valence-corrected chi connectivity index (χ3v) is 3.93. The van der Waals surface area contributed by atoms with E-state index >= 15 is 0 Å². The Kier molecular flexibility index (Phi) is 4.27. The van der Waals surface area contributed by atoms with Gasteiger partial charge < -0.3 is 4.65 Å². The third kappa shape index (κ3) is 3.35. The molecule has 1 aromatic carbocycles. The average molecular weight is 250 g/mol. The van der Waals surface area contributed by atoms with Crippen LogP contribution in [0.5, 0.6) is 0 Å². The molecule has 0 radical (unpaired) electrons. The van der Waals surface area contributed by atoms with Crippen LogP contribution < -0.4 is 5.46 Å². The first-order valence-electron chi connectivity index (χ1n) is 6.48. The molecule has 0 bridgehead atoms. The smallest absolute Gasteiger partial charge is 0.324 e. The molecule has 0 heterocycles. The summed E-state index contributed by atoms with van der Waals surface area (Å²) >= 11 is 0. The zero-order valence-electron chi connectivity index (χ0n) is 12.6. The normalized spacial score (nSPS) is 12.7. The highest BCUT2D eigenvalue weighted by molar-refractivity contribution is 6.66. The summed E-state index contributed by atoms with van der Waals surface area (Å²) < 4.78 is 19.4. The minimum absolute atomic E-state index is 0.0430. The van der Waals surface area contributed by atoms with Crippen molar-refractivity contribution >= 4 is 12.4 Å². The van der Waals surface area contributed by atoms with Gasteiger partial charge in [-0.05, 0) is 43.3 Å². The SMILES string of the molecule is CB(OC(C)(C)C(C)(C)C)c1ccc(F)c(C)c1. The zero-order chi connectivity index (χ0) is 14.1. The topological polar surface area (TPSA) is 9.23 Å². The van der Waals surface area contributed by atoms with Gasteiger partial charge in [0.1, 0.15) is 5.82 Å². The Bertz CT molecular complexity index is 421. The molecule has 0 N–H and O–H groups in total. The van der Waals surface area contributed by atoms with Crippen molar-refractivity contribution in [3.05, 3.63) is 29.6 Å². The van der Waals surface area contributed by atoms with Crippen molar-refractivity contribution in [1.29, 1.82) is 0 Å². The quantitative estimate of drug-likeness (QED) is 0.741. The molecule has 1 nitrogen and oxygen atoms in total. The monoisotopic (exact) mass is 250 g/mol. The van der Waals surface area contributed by atoms with E-state index in [1.54, 1.807) is 13.0 Å². The maximum atomic E-state index is 13.2. The molecule has 0 atom stereocenters. The molecular weight excluding hydrogens is 226 g/mol. The first-order chi connectivity index (χ1) is 8.04. The molecule has 0 fully saturated rings. The van der Waals surface area contributed by atoms with Crippen LogP contribution in [0, 0.1) is 18.2 Å². The lowest BCUT2D eigenvalue weighted by Gasteiger charge is -2.40. The first-order valence-corrected chi connectivity index (χ1v) is 6.48. The van der Waals surface area contributed by atoms with Crippen LogP contribution >= 0.6 is 0 Å². The average Bonchev–Trinajstić information content (AvgIpc) is 2.19. The van der Waals surface area contributed by atoms with Crippen LogP contribution in [0.25, 0.3) is 0 Å². The summed E-state index contributed by atoms with van der Waals surface area (Å²) in [7, 11) is 0. The highest BCUT2D eigenvalue weighted by Gasteiger charge is 2.35. The third-order valence-electron chi connectivity index (χ3n) is 3.93. The molecule has 0 amide bonds. The number of halogens is 1. The highest BCUT2D eigenvalue weighted by Crippen LogP contribution is 2.33. The summed E-state index contributed by atoms with van der Waals surface area (Å²) in [6, 6.07) is 5.17. The number of hydrogen-bond donors (Lipinski definition) is 0. The lowest BCUT2D eigenvalue weighted by molar-refractivity contribution is 0.000447. The summed E-state index contributed by atoms with van der Waals surface area (Å²) in [5, 5.41) is 0. The fraction of sp³-hybridized carbons (Fsp3) is 0.600. The lowest BCUT2D eigenvalue weighted by Crippen LogP contribution is -2.47. The van der Waals surface area contributed by atoms with Crippen molar-refractivity contribution in [3.8, 4) is 0 Å². The summed E-state index contributed by atoms with van der Waals surface area (Å²) in [6.45, 7) is 14.4.